The van der Waals surface area contributed by atoms with E-state index in [4.69, 9.17) is 9.47 Å². The number of carbonyl (C=O) groups excluding carboxylic acids is 3. The topological polar surface area (TPSA) is 88.2 Å². The van der Waals surface area contributed by atoms with Crippen molar-refractivity contribution >= 4 is 29.5 Å². The van der Waals surface area contributed by atoms with Crippen LogP contribution in [0.2, 0.25) is 0 Å². The summed E-state index contributed by atoms with van der Waals surface area (Å²) >= 11 is 1.65. The van der Waals surface area contributed by atoms with E-state index in [1.165, 1.54) is 0 Å². The van der Waals surface area contributed by atoms with E-state index in [-0.39, 0.29) is 24.1 Å². The molecule has 0 bridgehead atoms. The number of fused-ring (bicyclic) bond motifs is 1. The lowest BCUT2D eigenvalue weighted by Gasteiger charge is -2.29. The molecule has 3 amide bonds. The molecule has 0 spiro atoms. The number of rotatable bonds is 13. The maximum Gasteiger partial charge on any atom is 0.255 e. The predicted molar refractivity (Wildman–Crippen MR) is 123 cm³/mol. The Balaban J connectivity index is 1.40. The van der Waals surface area contributed by atoms with Crippen LogP contribution in [0.4, 0.5) is 0 Å². The van der Waals surface area contributed by atoms with Crippen molar-refractivity contribution in [3.05, 3.63) is 29.3 Å². The van der Waals surface area contributed by atoms with Gasteiger partial charge in [-0.25, -0.2) is 0 Å². The maximum absolute atomic E-state index is 12.9. The zero-order chi connectivity index (χ0) is 22.9. The Morgan fingerprint density at radius 1 is 1.09 bits per heavy atom. The van der Waals surface area contributed by atoms with E-state index >= 15 is 0 Å². The van der Waals surface area contributed by atoms with Gasteiger partial charge in [-0.3, -0.25) is 19.7 Å². The fourth-order valence-corrected chi connectivity index (χ4v) is 4.90. The highest BCUT2D eigenvalue weighted by Gasteiger charge is 2.39. The van der Waals surface area contributed by atoms with Crippen LogP contribution in [0.5, 0.6) is 0 Å². The van der Waals surface area contributed by atoms with E-state index < -0.39 is 6.04 Å². The van der Waals surface area contributed by atoms with E-state index in [1.807, 2.05) is 12.1 Å². The molecule has 0 saturated carbocycles. The van der Waals surface area contributed by atoms with E-state index in [0.717, 1.165) is 35.8 Å². The lowest BCUT2D eigenvalue weighted by atomic mass is 10.0. The number of nitrogens with zero attached hydrogens (tertiary/aromatic N) is 2. The summed E-state index contributed by atoms with van der Waals surface area (Å²) < 4.78 is 11.3. The van der Waals surface area contributed by atoms with Crippen molar-refractivity contribution in [3.8, 4) is 0 Å². The number of likely N-dealkylation sites (N-methyl/N-ethyl adjacent to an activating group) is 1. The van der Waals surface area contributed by atoms with Gasteiger partial charge in [-0.05, 0) is 37.2 Å². The molecule has 0 radical (unpaired) electrons. The lowest BCUT2D eigenvalue weighted by molar-refractivity contribution is -0.136. The van der Waals surface area contributed by atoms with Gasteiger partial charge in [0.1, 0.15) is 6.04 Å². The Kier molecular flexibility index (Phi) is 9.52. The third kappa shape index (κ3) is 6.31. The molecule has 176 valence electrons. The summed E-state index contributed by atoms with van der Waals surface area (Å²) in [6.45, 7) is 10.2. The van der Waals surface area contributed by atoms with Crippen LogP contribution in [0, 0.1) is 0 Å². The summed E-state index contributed by atoms with van der Waals surface area (Å²) in [5, 5.41) is 2.34. The monoisotopic (exact) mass is 463 g/mol. The number of ether oxygens (including phenoxy) is 2. The van der Waals surface area contributed by atoms with Gasteiger partial charge in [-0.2, -0.15) is 0 Å². The van der Waals surface area contributed by atoms with Gasteiger partial charge in [0.25, 0.3) is 5.91 Å². The standard InChI is InChI=1S/C23H33N3O5S/c1-3-25(4-2)10-11-30-12-13-31-14-15-32-20-7-5-6-17-18(20)16-26(23(17)29)19-8-9-21(27)24-22(19)28/h5-7,19H,3-4,8-16H2,1-2H3,(H,24,27,28). The van der Waals surface area contributed by atoms with Crippen molar-refractivity contribution in [2.45, 2.75) is 44.2 Å². The molecule has 0 aromatic heterocycles. The van der Waals surface area contributed by atoms with Crippen LogP contribution in [-0.4, -0.2) is 85.4 Å². The zero-order valence-electron chi connectivity index (χ0n) is 18.9. The normalized spacial score (nSPS) is 18.4. The van der Waals surface area contributed by atoms with Gasteiger partial charge < -0.3 is 19.3 Å². The number of carbonyl (C=O) groups is 3. The average molecular weight is 464 g/mol. The molecule has 2 aliphatic heterocycles. The first-order chi connectivity index (χ1) is 15.5. The molecule has 2 aliphatic rings. The highest BCUT2D eigenvalue weighted by atomic mass is 32.2. The average Bonchev–Trinajstić information content (AvgIpc) is 3.12. The third-order valence-corrected chi connectivity index (χ3v) is 6.91. The van der Waals surface area contributed by atoms with E-state index in [0.29, 0.717) is 45.0 Å². The molecule has 1 unspecified atom stereocenters. The van der Waals surface area contributed by atoms with Crippen LogP contribution in [0.3, 0.4) is 0 Å². The molecule has 32 heavy (non-hydrogen) atoms. The summed E-state index contributed by atoms with van der Waals surface area (Å²) in [5.74, 6) is -0.0389. The smallest absolute Gasteiger partial charge is 0.255 e. The fourth-order valence-electron chi connectivity index (χ4n) is 3.96. The second-order valence-corrected chi connectivity index (χ2v) is 8.92. The van der Waals surface area contributed by atoms with Gasteiger partial charge in [0, 0.05) is 35.7 Å². The number of imide groups is 1. The second kappa shape index (κ2) is 12.3. The number of nitrogens with one attached hydrogen (secondary N) is 1. The molecule has 0 aliphatic carbocycles. The third-order valence-electron chi connectivity index (χ3n) is 5.84. The van der Waals surface area contributed by atoms with Gasteiger partial charge in [0.05, 0.1) is 26.4 Å². The summed E-state index contributed by atoms with van der Waals surface area (Å²) in [7, 11) is 0. The minimum Gasteiger partial charge on any atom is -0.378 e. The Bertz CT molecular complexity index is 815. The maximum atomic E-state index is 12.9. The van der Waals surface area contributed by atoms with Crippen molar-refractivity contribution in [2.75, 3.05) is 51.8 Å². The number of hydrogen-bond donors (Lipinski definition) is 1. The molecule has 1 aromatic rings. The minimum atomic E-state index is -0.587. The van der Waals surface area contributed by atoms with Gasteiger partial charge in [0.15, 0.2) is 0 Å². The van der Waals surface area contributed by atoms with Crippen LogP contribution in [0.25, 0.3) is 0 Å². The van der Waals surface area contributed by atoms with Crippen LogP contribution in [-0.2, 0) is 25.6 Å². The Hall–Kier alpha value is -1.94. The first-order valence-electron chi connectivity index (χ1n) is 11.3. The molecule has 1 atom stereocenters. The van der Waals surface area contributed by atoms with Crippen LogP contribution < -0.4 is 5.32 Å². The predicted octanol–water partition coefficient (Wildman–Crippen LogP) is 1.91. The van der Waals surface area contributed by atoms with Crippen LogP contribution >= 0.6 is 11.8 Å². The van der Waals surface area contributed by atoms with Gasteiger partial charge >= 0.3 is 0 Å². The van der Waals surface area contributed by atoms with Crippen molar-refractivity contribution in [1.29, 1.82) is 0 Å². The first kappa shape index (κ1) is 24.7. The highest BCUT2D eigenvalue weighted by Crippen LogP contribution is 2.34. The SMILES string of the molecule is CCN(CC)CCOCCOCCSc1cccc2c1CN(C1CCC(=O)NC1=O)C2=O. The number of amides is 3. The molecule has 8 nitrogen and oxygen atoms in total. The lowest BCUT2D eigenvalue weighted by Crippen LogP contribution is -2.52. The molecule has 1 aromatic carbocycles. The number of benzene rings is 1. The Labute approximate surface area is 194 Å². The Morgan fingerprint density at radius 2 is 1.84 bits per heavy atom. The molecule has 2 heterocycles. The molecule has 1 N–H and O–H groups in total. The van der Waals surface area contributed by atoms with Gasteiger partial charge in [-0.15, -0.1) is 11.8 Å². The summed E-state index contributed by atoms with van der Waals surface area (Å²) in [5.41, 5.74) is 1.59. The second-order valence-electron chi connectivity index (χ2n) is 7.78. The summed E-state index contributed by atoms with van der Waals surface area (Å²) in [6, 6.07) is 5.09. The van der Waals surface area contributed by atoms with Crippen LogP contribution in [0.15, 0.2) is 23.1 Å². The fraction of sp³-hybridized carbons (Fsp3) is 0.609. The molecular formula is C23H33N3O5S. The molecule has 9 heteroatoms. The number of hydrogen-bond acceptors (Lipinski definition) is 7. The molecular weight excluding hydrogens is 430 g/mol. The van der Waals surface area contributed by atoms with Gasteiger partial charge in [-0.1, -0.05) is 19.9 Å². The van der Waals surface area contributed by atoms with E-state index in [9.17, 15) is 14.4 Å². The molecule has 1 saturated heterocycles. The van der Waals surface area contributed by atoms with Crippen molar-refractivity contribution < 1.29 is 23.9 Å². The van der Waals surface area contributed by atoms with Crippen molar-refractivity contribution in [2.24, 2.45) is 0 Å². The highest BCUT2D eigenvalue weighted by molar-refractivity contribution is 7.99. The Morgan fingerprint density at radius 3 is 2.56 bits per heavy atom. The van der Waals surface area contributed by atoms with Crippen LogP contribution in [0.1, 0.15) is 42.6 Å². The molecule has 1 fully saturated rings. The van der Waals surface area contributed by atoms with Crippen molar-refractivity contribution in [3.63, 3.8) is 0 Å². The van der Waals surface area contributed by atoms with E-state index in [1.54, 1.807) is 22.7 Å². The van der Waals surface area contributed by atoms with E-state index in [2.05, 4.69) is 24.1 Å². The zero-order valence-corrected chi connectivity index (χ0v) is 19.7. The molecule has 3 rings (SSSR count). The summed E-state index contributed by atoms with van der Waals surface area (Å²) in [4.78, 5) is 41.4. The number of thioether (sulfide) groups is 1. The van der Waals surface area contributed by atoms with Gasteiger partial charge in [0.2, 0.25) is 11.8 Å². The largest absolute Gasteiger partial charge is 0.378 e. The van der Waals surface area contributed by atoms with Crippen molar-refractivity contribution in [1.82, 2.24) is 15.1 Å². The first-order valence-corrected chi connectivity index (χ1v) is 12.3. The minimum absolute atomic E-state index is 0.143. The summed E-state index contributed by atoms with van der Waals surface area (Å²) in [6.07, 6.45) is 0.631. The quantitative estimate of drug-likeness (QED) is 0.272. The number of piperidine rings is 1.